The Kier molecular flexibility index (Phi) is 2.14. The fraction of sp³-hybridized carbons (Fsp3) is 0.0909. The number of benzene rings is 1. The van der Waals surface area contributed by atoms with Crippen LogP contribution in [0, 0.1) is 6.92 Å². The average molecular weight is 186 g/mol. The minimum Gasteiger partial charge on any atom is -0.313 e. The number of hydrogen-bond donors (Lipinski definition) is 1. The van der Waals surface area contributed by atoms with Gasteiger partial charge in [0.2, 0.25) is 0 Å². The van der Waals surface area contributed by atoms with Gasteiger partial charge < -0.3 is 4.98 Å². The van der Waals surface area contributed by atoms with Crippen molar-refractivity contribution in [3.63, 3.8) is 0 Å². The van der Waals surface area contributed by atoms with Gasteiger partial charge in [0, 0.05) is 0 Å². The molecule has 0 spiro atoms. The van der Waals surface area contributed by atoms with Crippen LogP contribution in [0.15, 0.2) is 41.5 Å². The van der Waals surface area contributed by atoms with Gasteiger partial charge in [0.05, 0.1) is 17.6 Å². The first kappa shape index (κ1) is 8.69. The van der Waals surface area contributed by atoms with E-state index < -0.39 is 0 Å². The molecule has 3 heteroatoms. The molecular weight excluding hydrogens is 176 g/mol. The Balaban J connectivity index is 2.69. The molecule has 1 aromatic heterocycles. The molecule has 70 valence electrons. The monoisotopic (exact) mass is 186 g/mol. The molecule has 1 N–H and O–H groups in total. The highest BCUT2D eigenvalue weighted by molar-refractivity contribution is 5.64. The highest BCUT2D eigenvalue weighted by atomic mass is 16.1. The normalized spacial score (nSPS) is 10.1. The van der Waals surface area contributed by atoms with Crippen molar-refractivity contribution in [1.82, 2.24) is 9.97 Å². The molecule has 2 aromatic rings. The summed E-state index contributed by atoms with van der Waals surface area (Å²) in [6.07, 6.45) is 1.42. The predicted octanol–water partition coefficient (Wildman–Crippen LogP) is 1.75. The van der Waals surface area contributed by atoms with Gasteiger partial charge in [0.15, 0.2) is 0 Å². The number of H-pyrrole nitrogens is 1. The van der Waals surface area contributed by atoms with Crippen molar-refractivity contribution in [1.29, 1.82) is 0 Å². The van der Waals surface area contributed by atoms with Crippen molar-refractivity contribution in [2.24, 2.45) is 0 Å². The lowest BCUT2D eigenvalue weighted by atomic mass is 10.1. The molecular formula is C11H10N2O. The van der Waals surface area contributed by atoms with Crippen LogP contribution in [-0.2, 0) is 0 Å². The Labute approximate surface area is 81.5 Å². The van der Waals surface area contributed by atoms with Crippen molar-refractivity contribution in [3.05, 3.63) is 52.7 Å². The topological polar surface area (TPSA) is 45.8 Å². The van der Waals surface area contributed by atoms with Gasteiger partial charge in [0.1, 0.15) is 0 Å². The van der Waals surface area contributed by atoms with Gasteiger partial charge in [-0.05, 0) is 12.5 Å². The fourth-order valence-electron chi connectivity index (χ4n) is 1.43. The molecule has 0 aliphatic carbocycles. The van der Waals surface area contributed by atoms with E-state index in [4.69, 9.17) is 0 Å². The summed E-state index contributed by atoms with van der Waals surface area (Å²) in [5.74, 6) is 0. The molecule has 0 saturated heterocycles. The molecule has 1 aromatic carbocycles. The van der Waals surface area contributed by atoms with Crippen molar-refractivity contribution in [2.75, 3.05) is 0 Å². The number of aromatic amines is 1. The number of rotatable bonds is 1. The molecule has 0 amide bonds. The Morgan fingerprint density at radius 3 is 2.57 bits per heavy atom. The third kappa shape index (κ3) is 1.44. The van der Waals surface area contributed by atoms with Crippen LogP contribution >= 0.6 is 0 Å². The smallest absolute Gasteiger partial charge is 0.258 e. The van der Waals surface area contributed by atoms with Gasteiger partial charge in [-0.15, -0.1) is 0 Å². The summed E-state index contributed by atoms with van der Waals surface area (Å²) in [6, 6.07) is 9.53. The zero-order chi connectivity index (χ0) is 9.97. The van der Waals surface area contributed by atoms with E-state index in [2.05, 4.69) is 9.97 Å². The van der Waals surface area contributed by atoms with Crippen LogP contribution in [0.1, 0.15) is 5.69 Å². The standard InChI is InChI=1S/C11H10N2O/c1-8-10(11(14)13-7-12-8)9-5-3-2-4-6-9/h2-7H,1H3,(H,12,13,14). The SMILES string of the molecule is Cc1nc[nH]c(=O)c1-c1ccccc1. The molecule has 0 fully saturated rings. The number of nitrogens with zero attached hydrogens (tertiary/aromatic N) is 1. The van der Waals surface area contributed by atoms with E-state index in [1.54, 1.807) is 0 Å². The lowest BCUT2D eigenvalue weighted by Gasteiger charge is -2.02. The maximum Gasteiger partial charge on any atom is 0.258 e. The molecule has 0 saturated carbocycles. The second kappa shape index (κ2) is 3.46. The van der Waals surface area contributed by atoms with E-state index in [1.165, 1.54) is 6.33 Å². The maximum absolute atomic E-state index is 11.5. The third-order valence-corrected chi connectivity index (χ3v) is 2.11. The van der Waals surface area contributed by atoms with Crippen molar-refractivity contribution < 1.29 is 0 Å². The number of aromatic nitrogens is 2. The Bertz CT molecular complexity index is 488. The fourth-order valence-corrected chi connectivity index (χ4v) is 1.43. The van der Waals surface area contributed by atoms with Gasteiger partial charge in [-0.1, -0.05) is 30.3 Å². The molecule has 0 aliphatic rings. The molecule has 0 atom stereocenters. The van der Waals surface area contributed by atoms with Gasteiger partial charge >= 0.3 is 0 Å². The van der Waals surface area contributed by atoms with Crippen molar-refractivity contribution >= 4 is 0 Å². The summed E-state index contributed by atoms with van der Waals surface area (Å²) >= 11 is 0. The summed E-state index contributed by atoms with van der Waals surface area (Å²) < 4.78 is 0. The summed E-state index contributed by atoms with van der Waals surface area (Å²) in [6.45, 7) is 1.83. The summed E-state index contributed by atoms with van der Waals surface area (Å²) in [7, 11) is 0. The molecule has 0 radical (unpaired) electrons. The predicted molar refractivity (Wildman–Crippen MR) is 55.0 cm³/mol. The van der Waals surface area contributed by atoms with Crippen LogP contribution in [0.5, 0.6) is 0 Å². The van der Waals surface area contributed by atoms with E-state index in [-0.39, 0.29) is 5.56 Å². The number of nitrogens with one attached hydrogen (secondary N) is 1. The number of hydrogen-bond acceptors (Lipinski definition) is 2. The van der Waals surface area contributed by atoms with Gasteiger partial charge in [-0.3, -0.25) is 4.79 Å². The van der Waals surface area contributed by atoms with Crippen LogP contribution in [0.3, 0.4) is 0 Å². The Hall–Kier alpha value is -1.90. The molecule has 14 heavy (non-hydrogen) atoms. The first-order chi connectivity index (χ1) is 6.79. The van der Waals surface area contributed by atoms with Crippen molar-refractivity contribution in [3.8, 4) is 11.1 Å². The van der Waals surface area contributed by atoms with Gasteiger partial charge in [-0.25, -0.2) is 4.98 Å². The summed E-state index contributed by atoms with van der Waals surface area (Å²) in [4.78, 5) is 18.2. The quantitative estimate of drug-likeness (QED) is 0.737. The summed E-state index contributed by atoms with van der Waals surface area (Å²) in [5, 5.41) is 0. The Morgan fingerprint density at radius 1 is 1.21 bits per heavy atom. The highest BCUT2D eigenvalue weighted by Crippen LogP contribution is 2.15. The zero-order valence-electron chi connectivity index (χ0n) is 7.82. The van der Waals surface area contributed by atoms with Crippen LogP contribution in [0.2, 0.25) is 0 Å². The molecule has 2 rings (SSSR count). The van der Waals surface area contributed by atoms with E-state index in [9.17, 15) is 4.79 Å². The second-order valence-electron chi connectivity index (χ2n) is 3.06. The molecule has 3 nitrogen and oxygen atoms in total. The van der Waals surface area contributed by atoms with Crippen LogP contribution in [-0.4, -0.2) is 9.97 Å². The van der Waals surface area contributed by atoms with E-state index in [0.717, 1.165) is 11.3 Å². The average Bonchev–Trinajstić information content (AvgIpc) is 2.19. The van der Waals surface area contributed by atoms with Crippen molar-refractivity contribution in [2.45, 2.75) is 6.92 Å². The third-order valence-electron chi connectivity index (χ3n) is 2.11. The first-order valence-corrected chi connectivity index (χ1v) is 4.39. The molecule has 1 heterocycles. The minimum absolute atomic E-state index is 0.0938. The minimum atomic E-state index is -0.0938. The van der Waals surface area contributed by atoms with E-state index in [0.29, 0.717) is 5.56 Å². The Morgan fingerprint density at radius 2 is 1.93 bits per heavy atom. The van der Waals surface area contributed by atoms with Crippen LogP contribution < -0.4 is 5.56 Å². The largest absolute Gasteiger partial charge is 0.313 e. The van der Waals surface area contributed by atoms with E-state index >= 15 is 0 Å². The first-order valence-electron chi connectivity index (χ1n) is 4.39. The van der Waals surface area contributed by atoms with Gasteiger partial charge in [0.25, 0.3) is 5.56 Å². The lowest BCUT2D eigenvalue weighted by Crippen LogP contribution is -2.11. The zero-order valence-corrected chi connectivity index (χ0v) is 7.82. The van der Waals surface area contributed by atoms with Crippen LogP contribution in [0.25, 0.3) is 11.1 Å². The molecule has 0 bridgehead atoms. The summed E-state index contributed by atoms with van der Waals surface area (Å²) in [5.41, 5.74) is 2.20. The lowest BCUT2D eigenvalue weighted by molar-refractivity contribution is 1.07. The van der Waals surface area contributed by atoms with Gasteiger partial charge in [-0.2, -0.15) is 0 Å². The molecule has 0 unspecified atom stereocenters. The molecule has 0 aliphatic heterocycles. The highest BCUT2D eigenvalue weighted by Gasteiger charge is 2.05. The van der Waals surface area contributed by atoms with E-state index in [1.807, 2.05) is 37.3 Å². The van der Waals surface area contributed by atoms with Crippen LogP contribution in [0.4, 0.5) is 0 Å². The number of aryl methyl sites for hydroxylation is 1. The second-order valence-corrected chi connectivity index (χ2v) is 3.06. The maximum atomic E-state index is 11.5.